The van der Waals surface area contributed by atoms with Crippen LogP contribution in [0.5, 0.6) is 5.75 Å². The molecule has 0 aliphatic heterocycles. The molecular formula is C23H23FN2O6S. The van der Waals surface area contributed by atoms with Crippen LogP contribution in [0.2, 0.25) is 0 Å². The van der Waals surface area contributed by atoms with Crippen molar-refractivity contribution in [3.05, 3.63) is 69.3 Å². The van der Waals surface area contributed by atoms with Crippen LogP contribution in [0.25, 0.3) is 11.0 Å². The fraction of sp³-hybridized carbons (Fsp3) is 0.304. The van der Waals surface area contributed by atoms with E-state index in [1.165, 1.54) is 32.3 Å². The van der Waals surface area contributed by atoms with E-state index in [0.717, 1.165) is 23.8 Å². The average Bonchev–Trinajstić information content (AvgIpc) is 3.56. The van der Waals surface area contributed by atoms with E-state index in [-0.39, 0.29) is 34.3 Å². The Bertz CT molecular complexity index is 1410. The lowest BCUT2D eigenvalue weighted by atomic mass is 9.99. The SMILES string of the molecule is Cc1c(Cc2cccc(S(=O)(=O)NC3CC3)c2)c(=O)oc2cc(OC(=O)N(C)C)c(F)cc12. The van der Waals surface area contributed by atoms with Gasteiger partial charge in [-0.25, -0.2) is 27.1 Å². The number of hydrogen-bond acceptors (Lipinski definition) is 6. The van der Waals surface area contributed by atoms with E-state index in [0.29, 0.717) is 16.5 Å². The van der Waals surface area contributed by atoms with Crippen molar-refractivity contribution >= 4 is 27.1 Å². The van der Waals surface area contributed by atoms with Crippen LogP contribution in [0.4, 0.5) is 9.18 Å². The summed E-state index contributed by atoms with van der Waals surface area (Å²) in [5, 5.41) is 0.353. The maximum atomic E-state index is 14.6. The first-order chi connectivity index (χ1) is 15.5. The molecule has 4 rings (SSSR count). The highest BCUT2D eigenvalue weighted by Crippen LogP contribution is 2.29. The molecule has 3 aromatic rings. The summed E-state index contributed by atoms with van der Waals surface area (Å²) in [6.45, 7) is 1.66. The molecule has 2 aromatic carbocycles. The summed E-state index contributed by atoms with van der Waals surface area (Å²) in [7, 11) is -0.723. The van der Waals surface area contributed by atoms with Gasteiger partial charge in [0.1, 0.15) is 5.58 Å². The summed E-state index contributed by atoms with van der Waals surface area (Å²) in [4.78, 5) is 25.7. The normalized spacial score (nSPS) is 13.8. The number of benzene rings is 2. The fourth-order valence-corrected chi connectivity index (χ4v) is 4.75. The molecule has 1 aromatic heterocycles. The summed E-state index contributed by atoms with van der Waals surface area (Å²) in [5.41, 5.74) is 0.815. The molecule has 1 aliphatic carbocycles. The number of hydrogen-bond donors (Lipinski definition) is 1. The monoisotopic (exact) mass is 474 g/mol. The Morgan fingerprint density at radius 1 is 1.24 bits per heavy atom. The Morgan fingerprint density at radius 3 is 2.64 bits per heavy atom. The molecule has 8 nitrogen and oxygen atoms in total. The third-order valence-corrected chi connectivity index (χ3v) is 6.91. The maximum absolute atomic E-state index is 14.6. The topological polar surface area (TPSA) is 106 Å². The molecule has 1 N–H and O–H groups in total. The average molecular weight is 475 g/mol. The van der Waals surface area contributed by atoms with Gasteiger partial charge in [0.15, 0.2) is 11.6 Å². The second-order valence-electron chi connectivity index (χ2n) is 8.25. The molecule has 0 spiro atoms. The van der Waals surface area contributed by atoms with Gasteiger partial charge < -0.3 is 14.1 Å². The van der Waals surface area contributed by atoms with Gasteiger partial charge in [0, 0.05) is 43.6 Å². The van der Waals surface area contributed by atoms with Crippen molar-refractivity contribution in [3.63, 3.8) is 0 Å². The zero-order valence-electron chi connectivity index (χ0n) is 18.3. The lowest BCUT2D eigenvalue weighted by Gasteiger charge is -2.13. The first-order valence-corrected chi connectivity index (χ1v) is 11.8. The van der Waals surface area contributed by atoms with Crippen molar-refractivity contribution in [3.8, 4) is 5.75 Å². The Labute approximate surface area is 190 Å². The molecule has 0 unspecified atom stereocenters. The molecule has 33 heavy (non-hydrogen) atoms. The highest BCUT2D eigenvalue weighted by molar-refractivity contribution is 7.89. The Hall–Kier alpha value is -3.24. The third kappa shape index (κ3) is 4.91. The summed E-state index contributed by atoms with van der Waals surface area (Å²) in [6.07, 6.45) is 0.983. The van der Waals surface area contributed by atoms with Crippen molar-refractivity contribution in [1.82, 2.24) is 9.62 Å². The highest BCUT2D eigenvalue weighted by atomic mass is 32.2. The van der Waals surface area contributed by atoms with Crippen LogP contribution in [0.1, 0.15) is 29.5 Å². The van der Waals surface area contributed by atoms with E-state index >= 15 is 0 Å². The van der Waals surface area contributed by atoms with Crippen LogP contribution in [0, 0.1) is 12.7 Å². The van der Waals surface area contributed by atoms with Crippen LogP contribution >= 0.6 is 0 Å². The van der Waals surface area contributed by atoms with Crippen molar-refractivity contribution in [2.24, 2.45) is 0 Å². The molecular weight excluding hydrogens is 451 g/mol. The van der Waals surface area contributed by atoms with Gasteiger partial charge in [-0.1, -0.05) is 12.1 Å². The predicted octanol–water partition coefficient (Wildman–Crippen LogP) is 3.33. The second kappa shape index (κ2) is 8.60. The fourth-order valence-electron chi connectivity index (χ4n) is 3.37. The minimum atomic E-state index is -3.64. The molecule has 0 saturated heterocycles. The van der Waals surface area contributed by atoms with Gasteiger partial charge in [0.2, 0.25) is 10.0 Å². The summed E-state index contributed by atoms with van der Waals surface area (Å²) < 4.78 is 52.6. The van der Waals surface area contributed by atoms with Crippen molar-refractivity contribution in [1.29, 1.82) is 0 Å². The highest BCUT2D eigenvalue weighted by Gasteiger charge is 2.28. The number of carbonyl (C=O) groups is 1. The second-order valence-corrected chi connectivity index (χ2v) is 9.97. The number of fused-ring (bicyclic) bond motifs is 1. The molecule has 1 amide bonds. The first-order valence-electron chi connectivity index (χ1n) is 10.3. The summed E-state index contributed by atoms with van der Waals surface area (Å²) >= 11 is 0. The Kier molecular flexibility index (Phi) is 5.98. The third-order valence-electron chi connectivity index (χ3n) is 5.39. The molecule has 10 heteroatoms. The molecule has 0 radical (unpaired) electrons. The quantitative estimate of drug-likeness (QED) is 0.550. The van der Waals surface area contributed by atoms with Gasteiger partial charge in [-0.3, -0.25) is 0 Å². The van der Waals surface area contributed by atoms with Gasteiger partial charge in [-0.2, -0.15) is 0 Å². The smallest absolute Gasteiger partial charge is 0.414 e. The van der Waals surface area contributed by atoms with E-state index < -0.39 is 27.6 Å². The molecule has 1 heterocycles. The molecule has 1 saturated carbocycles. The number of ether oxygens (including phenoxy) is 1. The predicted molar refractivity (Wildman–Crippen MR) is 119 cm³/mol. The number of aryl methyl sites for hydroxylation is 1. The molecule has 174 valence electrons. The van der Waals surface area contributed by atoms with E-state index in [1.54, 1.807) is 19.1 Å². The molecule has 1 aliphatic rings. The number of halogens is 1. The number of nitrogens with zero attached hydrogens (tertiary/aromatic N) is 1. The Morgan fingerprint density at radius 2 is 1.97 bits per heavy atom. The van der Waals surface area contributed by atoms with Crippen molar-refractivity contribution in [2.75, 3.05) is 14.1 Å². The van der Waals surface area contributed by atoms with Gasteiger partial charge in [0.05, 0.1) is 4.90 Å². The van der Waals surface area contributed by atoms with Gasteiger partial charge >= 0.3 is 11.7 Å². The van der Waals surface area contributed by atoms with Crippen LogP contribution in [-0.2, 0) is 16.4 Å². The standard InChI is InChI=1S/C23H23FN2O6S/c1-13-17-11-19(24)21(32-23(28)26(2)3)12-20(17)31-22(27)18(13)10-14-5-4-6-16(9-14)33(29,30)25-15-7-8-15/h4-6,9,11-12,15,25H,7-8,10H2,1-3H3. The lowest BCUT2D eigenvalue weighted by Crippen LogP contribution is -2.25. The molecule has 0 atom stereocenters. The van der Waals surface area contributed by atoms with Gasteiger partial charge in [0.25, 0.3) is 0 Å². The molecule has 1 fully saturated rings. The number of nitrogens with one attached hydrogen (secondary N) is 1. The van der Waals surface area contributed by atoms with E-state index in [1.807, 2.05) is 0 Å². The largest absolute Gasteiger partial charge is 0.422 e. The van der Waals surface area contributed by atoms with E-state index in [4.69, 9.17) is 9.15 Å². The number of rotatable bonds is 6. The van der Waals surface area contributed by atoms with E-state index in [9.17, 15) is 22.4 Å². The first kappa shape index (κ1) is 22.9. The summed E-state index contributed by atoms with van der Waals surface area (Å²) in [5.74, 6) is -1.13. The van der Waals surface area contributed by atoms with Crippen molar-refractivity contribution < 1.29 is 26.8 Å². The minimum Gasteiger partial charge on any atom is -0.422 e. The zero-order chi connectivity index (χ0) is 23.9. The number of amides is 1. The van der Waals surface area contributed by atoms with E-state index in [2.05, 4.69) is 4.72 Å². The van der Waals surface area contributed by atoms with Crippen LogP contribution < -0.4 is 15.1 Å². The van der Waals surface area contributed by atoms with Gasteiger partial charge in [-0.05, 0) is 49.1 Å². The minimum absolute atomic E-state index is 0.0229. The maximum Gasteiger partial charge on any atom is 0.414 e. The van der Waals surface area contributed by atoms with Crippen LogP contribution in [0.15, 0.2) is 50.5 Å². The number of carbonyl (C=O) groups excluding carboxylic acids is 1. The van der Waals surface area contributed by atoms with Crippen LogP contribution in [-0.4, -0.2) is 39.5 Å². The Balaban J connectivity index is 1.68. The zero-order valence-corrected chi connectivity index (χ0v) is 19.2. The van der Waals surface area contributed by atoms with Crippen molar-refractivity contribution in [2.45, 2.75) is 37.1 Å². The lowest BCUT2D eigenvalue weighted by molar-refractivity contribution is 0.170. The molecule has 0 bridgehead atoms. The van der Waals surface area contributed by atoms with Gasteiger partial charge in [-0.15, -0.1) is 0 Å². The van der Waals surface area contributed by atoms with Crippen LogP contribution in [0.3, 0.4) is 0 Å². The number of sulfonamides is 1. The summed E-state index contributed by atoms with van der Waals surface area (Å²) in [6, 6.07) is 8.62.